The predicted octanol–water partition coefficient (Wildman–Crippen LogP) is 1.00. The molecule has 3 nitrogen and oxygen atoms in total. The summed E-state index contributed by atoms with van der Waals surface area (Å²) in [6.45, 7) is 1.98. The van der Waals surface area contributed by atoms with Gasteiger partial charge in [-0.05, 0) is 32.4 Å². The summed E-state index contributed by atoms with van der Waals surface area (Å²) in [4.78, 5) is 13.9. The van der Waals surface area contributed by atoms with Crippen LogP contribution in [0.15, 0.2) is 0 Å². The van der Waals surface area contributed by atoms with E-state index in [0.29, 0.717) is 0 Å². The number of hydrogen-bond acceptors (Lipinski definition) is 2. The number of rotatable bonds is 4. The Balaban J connectivity index is 2.43. The predicted molar refractivity (Wildman–Crippen MR) is 61.3 cm³/mol. The summed E-state index contributed by atoms with van der Waals surface area (Å²) in [5.74, 6) is 2.79. The molecule has 0 aromatic carbocycles. The first-order valence-electron chi connectivity index (χ1n) is 5.68. The second kappa shape index (κ2) is 6.47. The zero-order valence-corrected chi connectivity index (χ0v) is 9.46. The molecule has 1 unspecified atom stereocenters. The molecule has 0 spiro atoms. The highest BCUT2D eigenvalue weighted by Gasteiger charge is 2.26. The van der Waals surface area contributed by atoms with Crippen molar-refractivity contribution in [3.63, 3.8) is 0 Å². The first kappa shape index (κ1) is 12.1. The van der Waals surface area contributed by atoms with Gasteiger partial charge < -0.3 is 5.32 Å². The van der Waals surface area contributed by atoms with Crippen LogP contribution in [0.1, 0.15) is 32.1 Å². The number of unbranched alkanes of at least 4 members (excludes halogenated alkanes) is 1. The standard InChI is InChI=1S/C12H20N2O/c1-3-4-6-9-14-10-7-5-8-11(14)12(15)13-2/h1,11H,4-10H2,2H3,(H,13,15). The molecule has 1 heterocycles. The molecule has 0 aliphatic carbocycles. The molecule has 1 N–H and O–H groups in total. The van der Waals surface area contributed by atoms with Gasteiger partial charge in [0.2, 0.25) is 5.91 Å². The van der Waals surface area contributed by atoms with E-state index in [9.17, 15) is 4.79 Å². The highest BCUT2D eigenvalue weighted by atomic mass is 16.2. The third kappa shape index (κ3) is 3.56. The number of piperidine rings is 1. The molecule has 15 heavy (non-hydrogen) atoms. The van der Waals surface area contributed by atoms with Crippen LogP contribution in [0.2, 0.25) is 0 Å². The number of nitrogens with zero attached hydrogens (tertiary/aromatic N) is 1. The van der Waals surface area contributed by atoms with Gasteiger partial charge in [0.05, 0.1) is 6.04 Å². The normalized spacial score (nSPS) is 22.0. The van der Waals surface area contributed by atoms with Crippen LogP contribution in [0.4, 0.5) is 0 Å². The second-order valence-electron chi connectivity index (χ2n) is 3.97. The van der Waals surface area contributed by atoms with Crippen LogP contribution in [0.3, 0.4) is 0 Å². The van der Waals surface area contributed by atoms with Crippen LogP contribution in [-0.4, -0.2) is 37.0 Å². The number of nitrogens with one attached hydrogen (secondary N) is 1. The number of carbonyl (C=O) groups excluding carboxylic acids is 1. The van der Waals surface area contributed by atoms with Gasteiger partial charge in [-0.2, -0.15) is 0 Å². The van der Waals surface area contributed by atoms with Gasteiger partial charge in [0.15, 0.2) is 0 Å². The lowest BCUT2D eigenvalue weighted by atomic mass is 10.0. The molecule has 1 rings (SSSR count). The van der Waals surface area contributed by atoms with Crippen molar-refractivity contribution in [1.82, 2.24) is 10.2 Å². The average molecular weight is 208 g/mol. The molecule has 84 valence electrons. The molecule has 0 radical (unpaired) electrons. The first-order chi connectivity index (χ1) is 7.29. The van der Waals surface area contributed by atoms with E-state index in [4.69, 9.17) is 6.42 Å². The molecule has 1 saturated heterocycles. The van der Waals surface area contributed by atoms with Gasteiger partial charge >= 0.3 is 0 Å². The Morgan fingerprint density at radius 2 is 2.40 bits per heavy atom. The lowest BCUT2D eigenvalue weighted by Gasteiger charge is -2.34. The van der Waals surface area contributed by atoms with E-state index in [1.165, 1.54) is 6.42 Å². The Labute approximate surface area is 92.2 Å². The van der Waals surface area contributed by atoms with E-state index in [1.807, 2.05) is 0 Å². The average Bonchev–Trinajstić information content (AvgIpc) is 2.29. The maximum absolute atomic E-state index is 11.6. The Bertz CT molecular complexity index is 244. The number of amides is 1. The second-order valence-corrected chi connectivity index (χ2v) is 3.97. The highest BCUT2D eigenvalue weighted by Crippen LogP contribution is 2.17. The summed E-state index contributed by atoms with van der Waals surface area (Å²) in [7, 11) is 1.70. The molecule has 1 amide bonds. The van der Waals surface area contributed by atoms with Crippen LogP contribution in [0.25, 0.3) is 0 Å². The van der Waals surface area contributed by atoms with Gasteiger partial charge in [-0.15, -0.1) is 12.3 Å². The number of terminal acetylenes is 1. The lowest BCUT2D eigenvalue weighted by molar-refractivity contribution is -0.127. The van der Waals surface area contributed by atoms with Gasteiger partial charge in [0.1, 0.15) is 0 Å². The fourth-order valence-corrected chi connectivity index (χ4v) is 2.11. The van der Waals surface area contributed by atoms with Gasteiger partial charge in [-0.1, -0.05) is 6.42 Å². The van der Waals surface area contributed by atoms with Crippen molar-refractivity contribution in [2.24, 2.45) is 0 Å². The minimum atomic E-state index is 0.0709. The number of carbonyl (C=O) groups is 1. The van der Waals surface area contributed by atoms with Crippen LogP contribution in [0, 0.1) is 12.3 Å². The molecule has 1 aliphatic heterocycles. The van der Waals surface area contributed by atoms with Crippen molar-refractivity contribution in [2.75, 3.05) is 20.1 Å². The molecule has 1 aliphatic rings. The fourth-order valence-electron chi connectivity index (χ4n) is 2.11. The van der Waals surface area contributed by atoms with Crippen molar-refractivity contribution in [1.29, 1.82) is 0 Å². The number of hydrogen-bond donors (Lipinski definition) is 1. The summed E-state index contributed by atoms with van der Waals surface area (Å²) in [5, 5.41) is 2.73. The summed E-state index contributed by atoms with van der Waals surface area (Å²) in [5.41, 5.74) is 0. The van der Waals surface area contributed by atoms with E-state index in [2.05, 4.69) is 16.1 Å². The molecule has 0 saturated carbocycles. The van der Waals surface area contributed by atoms with Gasteiger partial charge in [-0.3, -0.25) is 9.69 Å². The number of likely N-dealkylation sites (N-methyl/N-ethyl adjacent to an activating group) is 1. The maximum Gasteiger partial charge on any atom is 0.237 e. The summed E-state index contributed by atoms with van der Waals surface area (Å²) >= 11 is 0. The summed E-state index contributed by atoms with van der Waals surface area (Å²) < 4.78 is 0. The lowest BCUT2D eigenvalue weighted by Crippen LogP contribution is -2.48. The summed E-state index contributed by atoms with van der Waals surface area (Å²) in [6.07, 6.45) is 10.3. The van der Waals surface area contributed by atoms with E-state index in [-0.39, 0.29) is 11.9 Å². The van der Waals surface area contributed by atoms with E-state index in [1.54, 1.807) is 7.05 Å². The zero-order valence-electron chi connectivity index (χ0n) is 9.46. The quantitative estimate of drug-likeness (QED) is 0.552. The third-order valence-corrected chi connectivity index (χ3v) is 2.93. The minimum Gasteiger partial charge on any atom is -0.358 e. The molecular formula is C12H20N2O. The third-order valence-electron chi connectivity index (χ3n) is 2.93. The highest BCUT2D eigenvalue weighted by molar-refractivity contribution is 5.81. The van der Waals surface area contributed by atoms with E-state index in [0.717, 1.165) is 38.8 Å². The maximum atomic E-state index is 11.6. The van der Waals surface area contributed by atoms with Crippen LogP contribution >= 0.6 is 0 Å². The fraction of sp³-hybridized carbons (Fsp3) is 0.750. The van der Waals surface area contributed by atoms with Crippen LogP contribution in [0.5, 0.6) is 0 Å². The Kier molecular flexibility index (Phi) is 5.20. The number of likely N-dealkylation sites (tertiary alicyclic amines) is 1. The molecular weight excluding hydrogens is 188 g/mol. The topological polar surface area (TPSA) is 32.3 Å². The van der Waals surface area contributed by atoms with Crippen molar-refractivity contribution >= 4 is 5.91 Å². The van der Waals surface area contributed by atoms with Crippen molar-refractivity contribution in [3.8, 4) is 12.3 Å². The zero-order chi connectivity index (χ0) is 11.1. The monoisotopic (exact) mass is 208 g/mol. The van der Waals surface area contributed by atoms with Gasteiger partial charge in [0.25, 0.3) is 0 Å². The van der Waals surface area contributed by atoms with Crippen molar-refractivity contribution in [2.45, 2.75) is 38.1 Å². The van der Waals surface area contributed by atoms with E-state index < -0.39 is 0 Å². The van der Waals surface area contributed by atoms with Crippen LogP contribution < -0.4 is 5.32 Å². The minimum absolute atomic E-state index is 0.0709. The van der Waals surface area contributed by atoms with E-state index >= 15 is 0 Å². The summed E-state index contributed by atoms with van der Waals surface area (Å²) in [6, 6.07) is 0.0709. The van der Waals surface area contributed by atoms with Gasteiger partial charge in [0, 0.05) is 13.5 Å². The Morgan fingerprint density at radius 1 is 1.60 bits per heavy atom. The Hall–Kier alpha value is -1.01. The van der Waals surface area contributed by atoms with Crippen molar-refractivity contribution in [3.05, 3.63) is 0 Å². The van der Waals surface area contributed by atoms with Gasteiger partial charge in [-0.25, -0.2) is 0 Å². The smallest absolute Gasteiger partial charge is 0.237 e. The Morgan fingerprint density at radius 3 is 3.07 bits per heavy atom. The largest absolute Gasteiger partial charge is 0.358 e. The molecule has 0 bridgehead atoms. The van der Waals surface area contributed by atoms with Crippen molar-refractivity contribution < 1.29 is 4.79 Å². The van der Waals surface area contributed by atoms with Crippen LogP contribution in [-0.2, 0) is 4.79 Å². The molecule has 0 aromatic heterocycles. The molecule has 3 heteroatoms. The molecule has 1 fully saturated rings. The molecule has 1 atom stereocenters. The SMILES string of the molecule is C#CCCCN1CCCCC1C(=O)NC. The first-order valence-corrected chi connectivity index (χ1v) is 5.68. The molecule has 0 aromatic rings.